The number of nitrogens with zero attached hydrogens (tertiary/aromatic N) is 2. The first-order chi connectivity index (χ1) is 24.8. The molecule has 5 atom stereocenters. The van der Waals surface area contributed by atoms with Crippen molar-refractivity contribution in [2.24, 2.45) is 22.1 Å². The van der Waals surface area contributed by atoms with Crippen LogP contribution in [0.15, 0.2) is 47.5 Å². The lowest BCUT2D eigenvalue weighted by atomic mass is 9.87. The lowest BCUT2D eigenvalue weighted by Crippen LogP contribution is -2.43. The minimum absolute atomic E-state index is 0.0209. The monoisotopic (exact) mass is 722 g/mol. The first-order valence-electron chi connectivity index (χ1n) is 17.1. The van der Waals surface area contributed by atoms with E-state index < -0.39 is 72.8 Å². The Balaban J connectivity index is 1.51. The highest BCUT2D eigenvalue weighted by molar-refractivity contribution is 6.07. The topological polar surface area (TPSA) is 248 Å². The van der Waals surface area contributed by atoms with E-state index in [1.54, 1.807) is 20.8 Å². The number of nitriles is 1. The summed E-state index contributed by atoms with van der Waals surface area (Å²) in [6, 6.07) is 12.8. The van der Waals surface area contributed by atoms with Crippen LogP contribution in [0, 0.1) is 28.1 Å². The fourth-order valence-corrected chi connectivity index (χ4v) is 5.97. The number of rotatable bonds is 13. The van der Waals surface area contributed by atoms with Gasteiger partial charge < -0.3 is 39.5 Å². The molecule has 4 rings (SSSR count). The second-order valence-corrected chi connectivity index (χ2v) is 13.8. The number of nitrogens with one attached hydrogen (secondary N) is 3. The fraction of sp³-hybridized carbons (Fsp3) is 0.528. The highest BCUT2D eigenvalue weighted by atomic mass is 16.7. The van der Waals surface area contributed by atoms with Crippen molar-refractivity contribution in [2.45, 2.75) is 95.7 Å². The molecule has 0 radical (unpaired) electrons. The molecule has 1 aromatic carbocycles. The van der Waals surface area contributed by atoms with Gasteiger partial charge in [0.1, 0.15) is 37.3 Å². The van der Waals surface area contributed by atoms with Gasteiger partial charge in [0, 0.05) is 6.42 Å². The van der Waals surface area contributed by atoms with Crippen molar-refractivity contribution in [3.05, 3.63) is 59.4 Å². The average Bonchev–Trinajstić information content (AvgIpc) is 3.71. The number of ether oxygens (including phenoxy) is 5. The summed E-state index contributed by atoms with van der Waals surface area (Å²) < 4.78 is 27.2. The second-order valence-electron chi connectivity index (χ2n) is 13.8. The number of hydrogen-bond donors (Lipinski definition) is 5. The summed E-state index contributed by atoms with van der Waals surface area (Å²) in [4.78, 5) is 57.2. The first kappa shape index (κ1) is 39.7. The number of aliphatic imine (C=N–C) groups is 1. The highest BCUT2D eigenvalue weighted by Gasteiger charge is 2.59. The molecular formula is C36H46N6O10. The molecule has 2 fully saturated rings. The third kappa shape index (κ3) is 10.2. The predicted molar refractivity (Wildman–Crippen MR) is 184 cm³/mol. The van der Waals surface area contributed by atoms with E-state index in [0.717, 1.165) is 37.7 Å². The van der Waals surface area contributed by atoms with Crippen LogP contribution >= 0.6 is 0 Å². The Morgan fingerprint density at radius 1 is 1.13 bits per heavy atom. The third-order valence-corrected chi connectivity index (χ3v) is 8.78. The van der Waals surface area contributed by atoms with E-state index in [1.807, 2.05) is 36.4 Å². The molecule has 52 heavy (non-hydrogen) atoms. The van der Waals surface area contributed by atoms with Crippen LogP contribution in [0.1, 0.15) is 76.2 Å². The van der Waals surface area contributed by atoms with E-state index in [-0.39, 0.29) is 36.0 Å². The summed E-state index contributed by atoms with van der Waals surface area (Å²) >= 11 is 0. The molecule has 1 aliphatic heterocycles. The molecule has 2 aromatic rings. The van der Waals surface area contributed by atoms with Crippen LogP contribution in [0.3, 0.4) is 0 Å². The summed E-state index contributed by atoms with van der Waals surface area (Å²) in [5, 5.41) is 31.9. The van der Waals surface area contributed by atoms with Crippen molar-refractivity contribution in [3.63, 3.8) is 0 Å². The molecular weight excluding hydrogens is 676 g/mol. The quantitative estimate of drug-likeness (QED) is 0.0658. The van der Waals surface area contributed by atoms with Gasteiger partial charge in [-0.15, -0.1) is 0 Å². The summed E-state index contributed by atoms with van der Waals surface area (Å²) in [5.74, 6) is -2.04. The molecule has 0 spiro atoms. The first-order valence-corrected chi connectivity index (χ1v) is 17.1. The van der Waals surface area contributed by atoms with Crippen molar-refractivity contribution < 1.29 is 48.0 Å². The Kier molecular flexibility index (Phi) is 13.7. The number of carbonyl (C=O) groups excluding carboxylic acids is 4. The Labute approximate surface area is 301 Å². The van der Waals surface area contributed by atoms with Gasteiger partial charge in [-0.25, -0.2) is 9.79 Å². The maximum atomic E-state index is 13.1. The van der Waals surface area contributed by atoms with Crippen LogP contribution < -0.4 is 11.1 Å². The summed E-state index contributed by atoms with van der Waals surface area (Å²) in [6.07, 6.45) is 0.278. The van der Waals surface area contributed by atoms with Gasteiger partial charge in [0.15, 0.2) is 11.9 Å². The standard InChI is InChI=1S/C36H46N6O10/c1-35(2,3)33(46)49-21-50-34(47)42-31(40-20-38)25-14-15-27(41-25)36(19-37)30(44)29(51-28(43)17-23-12-8-5-9-13-23)26(52-36)18-48-32(45)24(39)16-22-10-6-4-7-11-22/h4,6-7,10-11,14-15,20,23-24,26,29-30,41,44H,5,8-9,12-13,16-18,21,39H2,1-3H3,(H2,38,40,42,47)/t24-,26+,29+,30+,36-/m0/s1. The third-order valence-electron chi connectivity index (χ3n) is 8.78. The Morgan fingerprint density at radius 3 is 2.50 bits per heavy atom. The van der Waals surface area contributed by atoms with E-state index in [4.69, 9.17) is 34.8 Å². The number of alkyl carbamates (subject to hydrolysis) is 1. The molecule has 0 bridgehead atoms. The number of benzene rings is 1. The number of aliphatic hydroxyl groups excluding tert-OH is 1. The number of aliphatic hydroxyl groups is 1. The van der Waals surface area contributed by atoms with Crippen LogP contribution in [-0.4, -0.2) is 84.0 Å². The summed E-state index contributed by atoms with van der Waals surface area (Å²) in [7, 11) is 0. The molecule has 280 valence electrons. The van der Waals surface area contributed by atoms with Crippen molar-refractivity contribution in [1.29, 1.82) is 10.7 Å². The maximum absolute atomic E-state index is 13.1. The number of amidine groups is 1. The average molecular weight is 723 g/mol. The molecule has 16 heteroatoms. The van der Waals surface area contributed by atoms with Crippen molar-refractivity contribution >= 4 is 36.2 Å². The Morgan fingerprint density at radius 2 is 1.85 bits per heavy atom. The zero-order chi connectivity index (χ0) is 37.9. The molecule has 2 heterocycles. The number of nitrogens with two attached hydrogens (primary N) is 1. The minimum Gasteiger partial charge on any atom is -0.462 e. The normalized spacial score (nSPS) is 22.8. The van der Waals surface area contributed by atoms with Gasteiger partial charge in [-0.2, -0.15) is 5.26 Å². The number of carbonyl (C=O) groups is 4. The van der Waals surface area contributed by atoms with E-state index in [2.05, 4.69) is 15.3 Å². The van der Waals surface area contributed by atoms with Crippen LogP contribution in [-0.2, 0) is 50.1 Å². The van der Waals surface area contributed by atoms with Crippen LogP contribution in [0.5, 0.6) is 0 Å². The Hall–Kier alpha value is -5.11. The minimum atomic E-state index is -2.17. The van der Waals surface area contributed by atoms with Crippen molar-refractivity contribution in [2.75, 3.05) is 13.4 Å². The number of aromatic amines is 1. The van der Waals surface area contributed by atoms with Crippen molar-refractivity contribution in [1.82, 2.24) is 10.3 Å². The second kappa shape index (κ2) is 17.9. The highest BCUT2D eigenvalue weighted by Crippen LogP contribution is 2.41. The van der Waals surface area contributed by atoms with Crippen LogP contribution in [0.25, 0.3) is 0 Å². The lowest BCUT2D eigenvalue weighted by molar-refractivity contribution is -0.162. The molecule has 6 N–H and O–H groups in total. The fourth-order valence-electron chi connectivity index (χ4n) is 5.97. The molecule has 1 saturated heterocycles. The van der Waals surface area contributed by atoms with Gasteiger partial charge >= 0.3 is 24.0 Å². The summed E-state index contributed by atoms with van der Waals surface area (Å²) in [5.41, 5.74) is 3.98. The molecule has 16 nitrogen and oxygen atoms in total. The predicted octanol–water partition coefficient (Wildman–Crippen LogP) is 3.12. The van der Waals surface area contributed by atoms with Gasteiger partial charge in [-0.3, -0.25) is 25.1 Å². The molecule has 1 aliphatic carbocycles. The lowest BCUT2D eigenvalue weighted by Gasteiger charge is -2.25. The SMILES string of the molecule is CC(C)(C)C(=O)OCOC(=O)NC(=NC=N)c1ccc([C@]2(C#N)O[C@H](COC(=O)[C@@H](N)Cc3ccccc3)[C@@H](OC(=O)CC3CCCCC3)[C@H]2O)[nH]1. The van der Waals surface area contributed by atoms with E-state index in [9.17, 15) is 29.5 Å². The molecule has 1 amide bonds. The van der Waals surface area contributed by atoms with Crippen LogP contribution in [0.2, 0.25) is 0 Å². The molecule has 2 aliphatic rings. The van der Waals surface area contributed by atoms with Crippen molar-refractivity contribution in [3.8, 4) is 6.07 Å². The van der Waals surface area contributed by atoms with Gasteiger partial charge in [0.05, 0.1) is 16.8 Å². The van der Waals surface area contributed by atoms with E-state index in [1.165, 1.54) is 12.1 Å². The number of hydrogen-bond acceptors (Lipinski definition) is 13. The summed E-state index contributed by atoms with van der Waals surface area (Å²) in [6.45, 7) is 3.72. The number of esters is 3. The van der Waals surface area contributed by atoms with Gasteiger partial charge in [-0.05, 0) is 63.6 Å². The van der Waals surface area contributed by atoms with Gasteiger partial charge in [-0.1, -0.05) is 49.6 Å². The molecule has 1 aromatic heterocycles. The molecule has 1 saturated carbocycles. The van der Waals surface area contributed by atoms with Gasteiger partial charge in [0.25, 0.3) is 0 Å². The van der Waals surface area contributed by atoms with E-state index in [0.29, 0.717) is 6.34 Å². The smallest absolute Gasteiger partial charge is 0.415 e. The largest absolute Gasteiger partial charge is 0.462 e. The molecule has 0 unspecified atom stereocenters. The number of H-pyrrole nitrogens is 1. The zero-order valence-corrected chi connectivity index (χ0v) is 29.5. The number of amides is 1. The zero-order valence-electron chi connectivity index (χ0n) is 29.5. The van der Waals surface area contributed by atoms with E-state index >= 15 is 0 Å². The maximum Gasteiger partial charge on any atom is 0.415 e. The van der Waals surface area contributed by atoms with Gasteiger partial charge in [0.2, 0.25) is 12.4 Å². The Bertz CT molecular complexity index is 1640. The van der Waals surface area contributed by atoms with Crippen LogP contribution in [0.4, 0.5) is 4.79 Å². The number of aromatic nitrogens is 1.